The van der Waals surface area contributed by atoms with E-state index in [-0.39, 0.29) is 18.3 Å². The molecule has 0 aromatic heterocycles. The van der Waals surface area contributed by atoms with Crippen LogP contribution < -0.4 is 10.6 Å². The van der Waals surface area contributed by atoms with E-state index in [2.05, 4.69) is 10.6 Å². The number of aliphatic hydroxyl groups excluding tert-OH is 1. The van der Waals surface area contributed by atoms with Crippen LogP contribution in [0.3, 0.4) is 0 Å². The molecule has 0 radical (unpaired) electrons. The number of anilines is 2. The smallest absolute Gasteiger partial charge is 0.257 e. The molecule has 0 saturated heterocycles. The maximum absolute atomic E-state index is 13.3. The van der Waals surface area contributed by atoms with Crippen LogP contribution in [-0.4, -0.2) is 11.0 Å². The van der Waals surface area contributed by atoms with E-state index in [1.54, 1.807) is 36.5 Å². The number of hydrogen-bond acceptors (Lipinski definition) is 3. The first-order valence-electron chi connectivity index (χ1n) is 6.45. The fourth-order valence-corrected chi connectivity index (χ4v) is 2.17. The topological polar surface area (TPSA) is 61.4 Å². The molecule has 0 aliphatic carbocycles. The van der Waals surface area contributed by atoms with Gasteiger partial charge in [0.05, 0.1) is 12.2 Å². The first-order chi connectivity index (χ1) is 10.2. The molecule has 21 heavy (non-hydrogen) atoms. The first-order valence-corrected chi connectivity index (χ1v) is 6.45. The fraction of sp³-hybridized carbons (Fsp3) is 0.0625. The van der Waals surface area contributed by atoms with Gasteiger partial charge in [-0.3, -0.25) is 4.79 Å². The van der Waals surface area contributed by atoms with Crippen LogP contribution in [0.5, 0.6) is 0 Å². The van der Waals surface area contributed by atoms with Crippen molar-refractivity contribution in [1.29, 1.82) is 0 Å². The van der Waals surface area contributed by atoms with Crippen LogP contribution in [0.2, 0.25) is 0 Å². The zero-order chi connectivity index (χ0) is 14.8. The monoisotopic (exact) mass is 284 g/mol. The Bertz CT molecular complexity index is 724. The molecule has 1 heterocycles. The Kier molecular flexibility index (Phi) is 3.41. The molecule has 106 valence electrons. The maximum Gasteiger partial charge on any atom is 0.257 e. The van der Waals surface area contributed by atoms with Gasteiger partial charge >= 0.3 is 0 Å². The summed E-state index contributed by atoms with van der Waals surface area (Å²) in [6, 6.07) is 11.3. The summed E-state index contributed by atoms with van der Waals surface area (Å²) in [6.45, 7) is -0.0174. The Morgan fingerprint density at radius 3 is 2.67 bits per heavy atom. The molecule has 2 aromatic carbocycles. The minimum Gasteiger partial charge on any atom is -0.392 e. The summed E-state index contributed by atoms with van der Waals surface area (Å²) < 4.78 is 13.3. The second-order valence-electron chi connectivity index (χ2n) is 4.70. The van der Waals surface area contributed by atoms with Gasteiger partial charge in [0.25, 0.3) is 5.91 Å². The van der Waals surface area contributed by atoms with E-state index >= 15 is 0 Å². The van der Waals surface area contributed by atoms with Gasteiger partial charge in [0, 0.05) is 23.1 Å². The second-order valence-corrected chi connectivity index (χ2v) is 4.70. The van der Waals surface area contributed by atoms with Crippen molar-refractivity contribution in [2.45, 2.75) is 6.61 Å². The zero-order valence-corrected chi connectivity index (χ0v) is 11.1. The molecule has 1 amide bonds. The number of benzene rings is 2. The minimum absolute atomic E-state index is 0.0174. The molecule has 3 N–H and O–H groups in total. The third kappa shape index (κ3) is 2.64. The predicted octanol–water partition coefficient (Wildman–Crippen LogP) is 2.72. The lowest BCUT2D eigenvalue weighted by molar-refractivity contribution is -0.110. The van der Waals surface area contributed by atoms with E-state index in [9.17, 15) is 9.18 Å². The highest BCUT2D eigenvalue weighted by molar-refractivity contribution is 6.31. The van der Waals surface area contributed by atoms with E-state index < -0.39 is 0 Å². The Morgan fingerprint density at radius 2 is 1.95 bits per heavy atom. The van der Waals surface area contributed by atoms with Crippen LogP contribution in [0.1, 0.15) is 11.1 Å². The molecule has 4 nitrogen and oxygen atoms in total. The Morgan fingerprint density at radius 1 is 1.19 bits per heavy atom. The molecule has 0 atom stereocenters. The van der Waals surface area contributed by atoms with Crippen molar-refractivity contribution in [2.75, 3.05) is 10.6 Å². The van der Waals surface area contributed by atoms with E-state index in [1.165, 1.54) is 12.1 Å². The van der Waals surface area contributed by atoms with Crippen molar-refractivity contribution in [1.82, 2.24) is 0 Å². The van der Waals surface area contributed by atoms with Crippen LogP contribution in [-0.2, 0) is 11.4 Å². The SMILES string of the molecule is O=C1Nc2ccc(F)cc2C1=CNc1ccc(CO)cc1. The summed E-state index contributed by atoms with van der Waals surface area (Å²) in [5.41, 5.74) is 3.11. The van der Waals surface area contributed by atoms with E-state index in [0.29, 0.717) is 16.8 Å². The average molecular weight is 284 g/mol. The van der Waals surface area contributed by atoms with Gasteiger partial charge in [0.15, 0.2) is 0 Å². The van der Waals surface area contributed by atoms with Gasteiger partial charge in [-0.1, -0.05) is 12.1 Å². The van der Waals surface area contributed by atoms with Crippen molar-refractivity contribution in [3.05, 3.63) is 65.6 Å². The van der Waals surface area contributed by atoms with E-state index in [0.717, 1.165) is 11.3 Å². The van der Waals surface area contributed by atoms with Gasteiger partial charge in [0.2, 0.25) is 0 Å². The normalized spacial score (nSPS) is 15.0. The quantitative estimate of drug-likeness (QED) is 0.759. The molecule has 1 aliphatic heterocycles. The van der Waals surface area contributed by atoms with Crippen LogP contribution in [0, 0.1) is 5.82 Å². The lowest BCUT2D eigenvalue weighted by Gasteiger charge is -2.03. The summed E-state index contributed by atoms with van der Waals surface area (Å²) in [4.78, 5) is 11.9. The number of fused-ring (bicyclic) bond motifs is 1. The van der Waals surface area contributed by atoms with Crippen LogP contribution in [0.15, 0.2) is 48.7 Å². The number of nitrogens with one attached hydrogen (secondary N) is 2. The molecule has 0 saturated carbocycles. The number of halogens is 1. The second kappa shape index (κ2) is 5.38. The molecule has 0 unspecified atom stereocenters. The molecule has 3 rings (SSSR count). The number of amides is 1. The summed E-state index contributed by atoms with van der Waals surface area (Å²) in [7, 11) is 0. The van der Waals surface area contributed by atoms with Gasteiger partial charge in [-0.15, -0.1) is 0 Å². The number of aliphatic hydroxyl groups is 1. The van der Waals surface area contributed by atoms with Crippen LogP contribution in [0.25, 0.3) is 5.57 Å². The van der Waals surface area contributed by atoms with Gasteiger partial charge in [-0.2, -0.15) is 0 Å². The lowest BCUT2D eigenvalue weighted by Crippen LogP contribution is -2.05. The third-order valence-corrected chi connectivity index (χ3v) is 3.28. The maximum atomic E-state index is 13.3. The van der Waals surface area contributed by atoms with Crippen molar-refractivity contribution < 1.29 is 14.3 Å². The van der Waals surface area contributed by atoms with Gasteiger partial charge in [-0.05, 0) is 35.9 Å². The van der Waals surface area contributed by atoms with Crippen molar-refractivity contribution >= 4 is 22.9 Å². The van der Waals surface area contributed by atoms with Gasteiger partial charge in [-0.25, -0.2) is 4.39 Å². The number of rotatable bonds is 3. The van der Waals surface area contributed by atoms with Crippen LogP contribution >= 0.6 is 0 Å². The molecule has 0 spiro atoms. The summed E-state index contributed by atoms with van der Waals surface area (Å²) in [5, 5.41) is 14.7. The van der Waals surface area contributed by atoms with E-state index in [4.69, 9.17) is 5.11 Å². The van der Waals surface area contributed by atoms with Gasteiger partial charge in [0.1, 0.15) is 5.82 Å². The molecule has 1 aliphatic rings. The molecule has 0 bridgehead atoms. The molecule has 0 fully saturated rings. The summed E-state index contributed by atoms with van der Waals surface area (Å²) in [6.07, 6.45) is 1.55. The Balaban J connectivity index is 1.86. The zero-order valence-electron chi connectivity index (χ0n) is 11.1. The molecule has 2 aromatic rings. The Hall–Kier alpha value is -2.66. The highest BCUT2D eigenvalue weighted by Crippen LogP contribution is 2.32. The highest BCUT2D eigenvalue weighted by atomic mass is 19.1. The third-order valence-electron chi connectivity index (χ3n) is 3.28. The molecular formula is C16H13FN2O2. The largest absolute Gasteiger partial charge is 0.392 e. The minimum atomic E-state index is -0.386. The fourth-order valence-electron chi connectivity index (χ4n) is 2.17. The van der Waals surface area contributed by atoms with Gasteiger partial charge < -0.3 is 15.7 Å². The number of hydrogen-bond donors (Lipinski definition) is 3. The Labute approximate surface area is 120 Å². The van der Waals surface area contributed by atoms with Crippen LogP contribution in [0.4, 0.5) is 15.8 Å². The highest BCUT2D eigenvalue weighted by Gasteiger charge is 2.24. The predicted molar refractivity (Wildman–Crippen MR) is 79.0 cm³/mol. The van der Waals surface area contributed by atoms with E-state index in [1.807, 2.05) is 0 Å². The summed E-state index contributed by atoms with van der Waals surface area (Å²) >= 11 is 0. The van der Waals surface area contributed by atoms with Crippen molar-refractivity contribution in [3.63, 3.8) is 0 Å². The standard InChI is InChI=1S/C16H13FN2O2/c17-11-3-6-15-13(7-11)14(16(21)19-15)8-18-12-4-1-10(9-20)2-5-12/h1-8,18,20H,9H2,(H,19,21). The van der Waals surface area contributed by atoms with Crippen molar-refractivity contribution in [3.8, 4) is 0 Å². The van der Waals surface area contributed by atoms with Crippen molar-refractivity contribution in [2.24, 2.45) is 0 Å². The average Bonchev–Trinajstić information content (AvgIpc) is 2.80. The first kappa shape index (κ1) is 13.3. The molecular weight excluding hydrogens is 271 g/mol. The summed E-state index contributed by atoms with van der Waals surface area (Å²) in [5.74, 6) is -0.654. The molecule has 5 heteroatoms. The number of carbonyl (C=O) groups excluding carboxylic acids is 1. The lowest BCUT2D eigenvalue weighted by atomic mass is 10.1. The number of carbonyl (C=O) groups is 1.